The highest BCUT2D eigenvalue weighted by Gasteiger charge is 2.21. The van der Waals surface area contributed by atoms with E-state index in [2.05, 4.69) is 10.1 Å². The first-order chi connectivity index (χ1) is 11.5. The molecular weight excluding hydrogens is 333 g/mol. The Morgan fingerprint density at radius 3 is 2.79 bits per heavy atom. The van der Waals surface area contributed by atoms with Crippen LogP contribution < -0.4 is 0 Å². The number of aromatic nitrogens is 3. The number of halogens is 2. The molecule has 3 aromatic rings. The average Bonchev–Trinajstić information content (AvgIpc) is 3.01. The van der Waals surface area contributed by atoms with E-state index in [9.17, 15) is 9.18 Å². The van der Waals surface area contributed by atoms with Crippen molar-refractivity contribution in [3.63, 3.8) is 0 Å². The van der Waals surface area contributed by atoms with Crippen LogP contribution in [0.5, 0.6) is 0 Å². The van der Waals surface area contributed by atoms with Crippen LogP contribution in [-0.2, 0) is 4.74 Å². The van der Waals surface area contributed by atoms with Gasteiger partial charge in [-0.05, 0) is 18.6 Å². The largest absolute Gasteiger partial charge is 0.465 e. The number of carbonyl (C=O) groups excluding carboxylic acids is 1. The molecule has 24 heavy (non-hydrogen) atoms. The second kappa shape index (κ2) is 6.41. The first-order valence-electron chi connectivity index (χ1n) is 7.06. The van der Waals surface area contributed by atoms with Crippen molar-refractivity contribution in [3.8, 4) is 16.9 Å². The molecule has 5 nitrogen and oxygen atoms in total. The zero-order chi connectivity index (χ0) is 17.3. The molecule has 0 saturated carbocycles. The topological polar surface area (TPSA) is 57.0 Å². The van der Waals surface area contributed by atoms with Gasteiger partial charge in [-0.3, -0.25) is 0 Å². The lowest BCUT2D eigenvalue weighted by atomic mass is 10.1. The number of aryl methyl sites for hydroxylation is 1. The highest BCUT2D eigenvalue weighted by Crippen LogP contribution is 2.30. The summed E-state index contributed by atoms with van der Waals surface area (Å²) in [7, 11) is 1.29. The Labute approximate surface area is 142 Å². The van der Waals surface area contributed by atoms with Crippen molar-refractivity contribution in [1.29, 1.82) is 0 Å². The standard InChI is InChI=1S/C17H13ClFN3O2/c1-10-8-20-15(19)7-14(10)22-9-12(17(23)24-2)16(21-22)11-5-3-4-6-13(11)18/h3-9H,1-2H3. The van der Waals surface area contributed by atoms with E-state index < -0.39 is 11.9 Å². The van der Waals surface area contributed by atoms with E-state index in [1.165, 1.54) is 30.3 Å². The fourth-order valence-corrected chi connectivity index (χ4v) is 2.57. The molecule has 2 aromatic heterocycles. The highest BCUT2D eigenvalue weighted by atomic mass is 35.5. The summed E-state index contributed by atoms with van der Waals surface area (Å²) in [6, 6.07) is 8.28. The summed E-state index contributed by atoms with van der Waals surface area (Å²) in [6.07, 6.45) is 2.89. The summed E-state index contributed by atoms with van der Waals surface area (Å²) < 4.78 is 19.7. The van der Waals surface area contributed by atoms with E-state index in [-0.39, 0.29) is 5.56 Å². The first-order valence-corrected chi connectivity index (χ1v) is 7.44. The molecule has 0 spiro atoms. The quantitative estimate of drug-likeness (QED) is 0.535. The van der Waals surface area contributed by atoms with E-state index in [0.717, 1.165) is 0 Å². The van der Waals surface area contributed by atoms with E-state index in [1.54, 1.807) is 31.2 Å². The number of benzene rings is 1. The molecule has 0 radical (unpaired) electrons. The molecular formula is C17H13ClFN3O2. The third-order valence-corrected chi connectivity index (χ3v) is 3.87. The van der Waals surface area contributed by atoms with Gasteiger partial charge in [0.2, 0.25) is 5.95 Å². The van der Waals surface area contributed by atoms with Crippen LogP contribution in [0.3, 0.4) is 0 Å². The number of rotatable bonds is 3. The summed E-state index contributed by atoms with van der Waals surface area (Å²) in [5.74, 6) is -1.19. The molecule has 0 saturated heterocycles. The third kappa shape index (κ3) is 2.88. The zero-order valence-corrected chi connectivity index (χ0v) is 13.7. The van der Waals surface area contributed by atoms with Gasteiger partial charge in [0.25, 0.3) is 0 Å². The second-order valence-corrected chi connectivity index (χ2v) is 5.51. The van der Waals surface area contributed by atoms with Crippen LogP contribution in [0.15, 0.2) is 42.7 Å². The molecule has 0 aliphatic carbocycles. The van der Waals surface area contributed by atoms with Gasteiger partial charge in [-0.25, -0.2) is 14.5 Å². The smallest absolute Gasteiger partial charge is 0.341 e. The lowest BCUT2D eigenvalue weighted by Crippen LogP contribution is -2.02. The molecule has 0 amide bonds. The fourth-order valence-electron chi connectivity index (χ4n) is 2.34. The molecule has 0 atom stereocenters. The summed E-state index contributed by atoms with van der Waals surface area (Å²) in [4.78, 5) is 15.7. The number of hydrogen-bond acceptors (Lipinski definition) is 4. The lowest BCUT2D eigenvalue weighted by molar-refractivity contribution is 0.0601. The zero-order valence-electron chi connectivity index (χ0n) is 13.0. The molecule has 122 valence electrons. The van der Waals surface area contributed by atoms with Gasteiger partial charge in [-0.15, -0.1) is 0 Å². The van der Waals surface area contributed by atoms with E-state index in [1.807, 2.05) is 0 Å². The van der Waals surface area contributed by atoms with Gasteiger partial charge >= 0.3 is 5.97 Å². The van der Waals surface area contributed by atoms with Gasteiger partial charge in [0, 0.05) is 24.0 Å². The average molecular weight is 346 g/mol. The lowest BCUT2D eigenvalue weighted by Gasteiger charge is -2.05. The molecule has 0 fully saturated rings. The second-order valence-electron chi connectivity index (χ2n) is 5.10. The van der Waals surface area contributed by atoms with Crippen molar-refractivity contribution in [2.24, 2.45) is 0 Å². The normalized spacial score (nSPS) is 10.7. The number of esters is 1. The maximum absolute atomic E-state index is 13.5. The minimum absolute atomic E-state index is 0.238. The van der Waals surface area contributed by atoms with Crippen LogP contribution in [0.25, 0.3) is 16.9 Å². The molecule has 3 rings (SSSR count). The van der Waals surface area contributed by atoms with Crippen LogP contribution in [0, 0.1) is 12.9 Å². The summed E-state index contributed by atoms with van der Waals surface area (Å²) in [6.45, 7) is 1.77. The molecule has 7 heteroatoms. The molecule has 1 aromatic carbocycles. The van der Waals surface area contributed by atoms with Gasteiger partial charge in [-0.2, -0.15) is 9.49 Å². The molecule has 0 bridgehead atoms. The van der Waals surface area contributed by atoms with Crippen molar-refractivity contribution in [1.82, 2.24) is 14.8 Å². The Balaban J connectivity index is 2.23. The van der Waals surface area contributed by atoms with Crippen molar-refractivity contribution >= 4 is 17.6 Å². The minimum atomic E-state index is -0.634. The molecule has 0 N–H and O–H groups in total. The van der Waals surface area contributed by atoms with E-state index in [4.69, 9.17) is 16.3 Å². The minimum Gasteiger partial charge on any atom is -0.465 e. The predicted octanol–water partition coefficient (Wildman–Crippen LogP) is 3.82. The SMILES string of the molecule is COC(=O)c1cn(-c2cc(F)ncc2C)nc1-c1ccccc1Cl. The molecule has 0 aliphatic heterocycles. The molecule has 2 heterocycles. The van der Waals surface area contributed by atoms with Crippen LogP contribution >= 0.6 is 11.6 Å². The van der Waals surface area contributed by atoms with Crippen molar-refractivity contribution in [2.75, 3.05) is 7.11 Å². The number of methoxy groups -OCH3 is 1. The summed E-state index contributed by atoms with van der Waals surface area (Å²) >= 11 is 6.22. The maximum Gasteiger partial charge on any atom is 0.341 e. The maximum atomic E-state index is 13.5. The van der Waals surface area contributed by atoms with E-state index in [0.29, 0.717) is 27.5 Å². The van der Waals surface area contributed by atoms with Gasteiger partial charge in [-0.1, -0.05) is 29.8 Å². The first kappa shape index (κ1) is 16.1. The van der Waals surface area contributed by atoms with Gasteiger partial charge in [0.1, 0.15) is 11.3 Å². The van der Waals surface area contributed by atoms with Gasteiger partial charge < -0.3 is 4.74 Å². The van der Waals surface area contributed by atoms with Crippen LogP contribution in [0.4, 0.5) is 4.39 Å². The fraction of sp³-hybridized carbons (Fsp3) is 0.118. The van der Waals surface area contributed by atoms with E-state index >= 15 is 0 Å². The number of nitrogens with zero attached hydrogens (tertiary/aromatic N) is 3. The summed E-state index contributed by atoms with van der Waals surface area (Å²) in [5, 5.41) is 4.87. The van der Waals surface area contributed by atoms with Crippen molar-refractivity contribution in [2.45, 2.75) is 6.92 Å². The van der Waals surface area contributed by atoms with Crippen LogP contribution in [0.2, 0.25) is 5.02 Å². The van der Waals surface area contributed by atoms with Crippen molar-refractivity contribution in [3.05, 3.63) is 64.8 Å². The summed E-state index contributed by atoms with van der Waals surface area (Å²) in [5.41, 5.74) is 2.38. The predicted molar refractivity (Wildman–Crippen MR) is 87.8 cm³/mol. The Bertz CT molecular complexity index is 924. The Morgan fingerprint density at radius 1 is 1.33 bits per heavy atom. The van der Waals surface area contributed by atoms with Gasteiger partial charge in [0.05, 0.1) is 17.8 Å². The Morgan fingerprint density at radius 2 is 2.08 bits per heavy atom. The highest BCUT2D eigenvalue weighted by molar-refractivity contribution is 6.33. The number of carbonyl (C=O) groups is 1. The molecule has 0 aliphatic rings. The van der Waals surface area contributed by atoms with Crippen molar-refractivity contribution < 1.29 is 13.9 Å². The molecule has 0 unspecified atom stereocenters. The monoisotopic (exact) mass is 345 g/mol. The number of pyridine rings is 1. The van der Waals surface area contributed by atoms with Crippen LogP contribution in [0.1, 0.15) is 15.9 Å². The van der Waals surface area contributed by atoms with Gasteiger partial charge in [0.15, 0.2) is 0 Å². The Kier molecular flexibility index (Phi) is 4.31. The van der Waals surface area contributed by atoms with Crippen LogP contribution in [-0.4, -0.2) is 27.8 Å². The number of ether oxygens (including phenoxy) is 1. The number of hydrogen-bond donors (Lipinski definition) is 0. The Hall–Kier alpha value is -2.73. The third-order valence-electron chi connectivity index (χ3n) is 3.54.